The van der Waals surface area contributed by atoms with E-state index in [0.717, 1.165) is 17.3 Å². The van der Waals surface area contributed by atoms with Gasteiger partial charge in [-0.25, -0.2) is 0 Å². The van der Waals surface area contributed by atoms with E-state index >= 15 is 0 Å². The summed E-state index contributed by atoms with van der Waals surface area (Å²) in [6.45, 7) is 1.95. The molecule has 0 heterocycles. The van der Waals surface area contributed by atoms with Crippen LogP contribution >= 0.6 is 0 Å². The zero-order chi connectivity index (χ0) is 14.6. The van der Waals surface area contributed by atoms with E-state index in [1.165, 1.54) is 18.3 Å². The van der Waals surface area contributed by atoms with Crippen molar-refractivity contribution in [2.45, 2.75) is 13.1 Å². The van der Waals surface area contributed by atoms with Crippen LogP contribution in [0.2, 0.25) is 0 Å². The second-order valence-electron chi connectivity index (χ2n) is 4.32. The highest BCUT2D eigenvalue weighted by atomic mass is 19.4. The molecule has 2 nitrogen and oxygen atoms in total. The smallest absolute Gasteiger partial charge is 0.279 e. The molecule has 2 rings (SSSR count). The number of hydrazone groups is 1. The largest absolute Gasteiger partial charge is 0.417 e. The van der Waals surface area contributed by atoms with Crippen molar-refractivity contribution in [2.24, 2.45) is 5.10 Å². The van der Waals surface area contributed by atoms with E-state index < -0.39 is 11.7 Å². The first-order valence-corrected chi connectivity index (χ1v) is 5.99. The topological polar surface area (TPSA) is 24.4 Å². The molecule has 0 fully saturated rings. The minimum Gasteiger partial charge on any atom is -0.279 e. The van der Waals surface area contributed by atoms with Crippen LogP contribution in [0.3, 0.4) is 0 Å². The summed E-state index contributed by atoms with van der Waals surface area (Å²) >= 11 is 0. The fourth-order valence-corrected chi connectivity index (χ4v) is 1.67. The normalized spacial score (nSPS) is 11.8. The van der Waals surface area contributed by atoms with Crippen molar-refractivity contribution in [3.63, 3.8) is 0 Å². The van der Waals surface area contributed by atoms with Crippen LogP contribution < -0.4 is 5.43 Å². The molecule has 0 aliphatic carbocycles. The molecular weight excluding hydrogens is 265 g/mol. The van der Waals surface area contributed by atoms with Gasteiger partial charge in [-0.2, -0.15) is 18.3 Å². The first-order valence-electron chi connectivity index (χ1n) is 5.99. The van der Waals surface area contributed by atoms with Gasteiger partial charge in [0.2, 0.25) is 0 Å². The van der Waals surface area contributed by atoms with Gasteiger partial charge in [0, 0.05) is 5.56 Å². The minimum absolute atomic E-state index is 0.0274. The van der Waals surface area contributed by atoms with Gasteiger partial charge in [-0.1, -0.05) is 35.9 Å². The van der Waals surface area contributed by atoms with E-state index in [1.54, 1.807) is 6.07 Å². The van der Waals surface area contributed by atoms with E-state index in [1.807, 2.05) is 31.2 Å². The Bertz CT molecular complexity index is 601. The fourth-order valence-electron chi connectivity index (χ4n) is 1.67. The van der Waals surface area contributed by atoms with Gasteiger partial charge < -0.3 is 0 Å². The molecule has 2 aromatic carbocycles. The number of aryl methyl sites for hydroxylation is 1. The lowest BCUT2D eigenvalue weighted by Gasteiger charge is -2.09. The highest BCUT2D eigenvalue weighted by molar-refractivity contribution is 5.82. The number of anilines is 1. The third-order valence-electron chi connectivity index (χ3n) is 2.72. The number of nitrogens with one attached hydrogen (secondary N) is 1. The maximum Gasteiger partial charge on any atom is 0.417 e. The summed E-state index contributed by atoms with van der Waals surface area (Å²) in [5.74, 6) is 0. The molecule has 0 radical (unpaired) electrons. The summed E-state index contributed by atoms with van der Waals surface area (Å²) in [4.78, 5) is 0. The molecule has 1 N–H and O–H groups in total. The van der Waals surface area contributed by atoms with Gasteiger partial charge in [-0.3, -0.25) is 5.43 Å². The van der Waals surface area contributed by atoms with E-state index in [4.69, 9.17) is 0 Å². The van der Waals surface area contributed by atoms with Crippen molar-refractivity contribution in [2.75, 3.05) is 5.43 Å². The Morgan fingerprint density at radius 2 is 1.65 bits per heavy atom. The Morgan fingerprint density at radius 3 is 2.30 bits per heavy atom. The molecule has 0 bridgehead atoms. The van der Waals surface area contributed by atoms with Crippen molar-refractivity contribution in [1.29, 1.82) is 0 Å². The average molecular weight is 278 g/mol. The number of hydrogen-bond donors (Lipinski definition) is 1. The first-order chi connectivity index (χ1) is 9.47. The molecule has 104 valence electrons. The summed E-state index contributed by atoms with van der Waals surface area (Å²) in [7, 11) is 0. The summed E-state index contributed by atoms with van der Waals surface area (Å²) in [5, 5.41) is 3.84. The lowest BCUT2D eigenvalue weighted by molar-refractivity contribution is -0.137. The Labute approximate surface area is 114 Å². The molecule has 0 aromatic heterocycles. The predicted octanol–water partition coefficient (Wildman–Crippen LogP) is 4.46. The Morgan fingerprint density at radius 1 is 1.00 bits per heavy atom. The van der Waals surface area contributed by atoms with Gasteiger partial charge in [0.05, 0.1) is 17.5 Å². The lowest BCUT2D eigenvalue weighted by atomic mass is 10.1. The molecule has 0 atom stereocenters. The van der Waals surface area contributed by atoms with E-state index in [0.29, 0.717) is 0 Å². The number of nitrogens with zero attached hydrogens (tertiary/aromatic N) is 1. The average Bonchev–Trinajstić information content (AvgIpc) is 2.40. The quantitative estimate of drug-likeness (QED) is 0.650. The van der Waals surface area contributed by atoms with Crippen molar-refractivity contribution in [3.8, 4) is 0 Å². The minimum atomic E-state index is -4.38. The van der Waals surface area contributed by atoms with Crippen LogP contribution in [0.5, 0.6) is 0 Å². The predicted molar refractivity (Wildman–Crippen MR) is 73.8 cm³/mol. The summed E-state index contributed by atoms with van der Waals surface area (Å²) in [5.41, 5.74) is 3.85. The summed E-state index contributed by atoms with van der Waals surface area (Å²) in [6, 6.07) is 12.7. The van der Waals surface area contributed by atoms with E-state index in [-0.39, 0.29) is 5.56 Å². The van der Waals surface area contributed by atoms with E-state index in [2.05, 4.69) is 10.5 Å². The summed E-state index contributed by atoms with van der Waals surface area (Å²) < 4.78 is 38.3. The van der Waals surface area contributed by atoms with Crippen LogP contribution in [0.15, 0.2) is 53.6 Å². The fraction of sp³-hybridized carbons (Fsp3) is 0.133. The molecule has 0 amide bonds. The van der Waals surface area contributed by atoms with Crippen molar-refractivity contribution in [3.05, 3.63) is 65.2 Å². The SMILES string of the molecule is Cc1ccc(N/N=C\c2ccccc2C(F)(F)F)cc1. The third-order valence-corrected chi connectivity index (χ3v) is 2.72. The standard InChI is InChI=1S/C15H13F3N2/c1-11-6-8-13(9-7-11)20-19-10-12-4-2-3-5-14(12)15(16,17)18/h2-10,20H,1H3/b19-10-. The van der Waals surface area contributed by atoms with Crippen LogP contribution in [0.4, 0.5) is 18.9 Å². The van der Waals surface area contributed by atoms with Crippen molar-refractivity contribution in [1.82, 2.24) is 0 Å². The van der Waals surface area contributed by atoms with Gasteiger partial charge in [0.25, 0.3) is 0 Å². The van der Waals surface area contributed by atoms with Gasteiger partial charge in [0.1, 0.15) is 0 Å². The first kappa shape index (κ1) is 14.1. The molecule has 0 spiro atoms. The maximum atomic E-state index is 12.8. The number of alkyl halides is 3. The second-order valence-corrected chi connectivity index (χ2v) is 4.32. The van der Waals surface area contributed by atoms with Crippen LogP contribution in [-0.4, -0.2) is 6.21 Å². The number of benzene rings is 2. The molecular formula is C15H13F3N2. The van der Waals surface area contributed by atoms with Crippen LogP contribution in [0.1, 0.15) is 16.7 Å². The van der Waals surface area contributed by atoms with Crippen LogP contribution in [0, 0.1) is 6.92 Å². The Balaban J connectivity index is 2.14. The zero-order valence-electron chi connectivity index (χ0n) is 10.8. The highest BCUT2D eigenvalue weighted by Gasteiger charge is 2.32. The molecule has 5 heteroatoms. The maximum absolute atomic E-state index is 12.8. The second kappa shape index (κ2) is 5.77. The van der Waals surface area contributed by atoms with Crippen LogP contribution in [0.25, 0.3) is 0 Å². The molecule has 20 heavy (non-hydrogen) atoms. The monoisotopic (exact) mass is 278 g/mol. The molecule has 0 aliphatic rings. The van der Waals surface area contributed by atoms with E-state index in [9.17, 15) is 13.2 Å². The molecule has 0 saturated heterocycles. The van der Waals surface area contributed by atoms with Gasteiger partial charge in [-0.15, -0.1) is 0 Å². The number of rotatable bonds is 3. The zero-order valence-corrected chi connectivity index (χ0v) is 10.8. The number of hydrogen-bond acceptors (Lipinski definition) is 2. The number of halogens is 3. The highest BCUT2D eigenvalue weighted by Crippen LogP contribution is 2.31. The van der Waals surface area contributed by atoms with Gasteiger partial charge in [-0.05, 0) is 25.1 Å². The van der Waals surface area contributed by atoms with Crippen molar-refractivity contribution >= 4 is 11.9 Å². The Kier molecular flexibility index (Phi) is 4.08. The molecule has 0 saturated carbocycles. The van der Waals surface area contributed by atoms with Gasteiger partial charge >= 0.3 is 6.18 Å². The Hall–Kier alpha value is -2.30. The van der Waals surface area contributed by atoms with Crippen molar-refractivity contribution < 1.29 is 13.2 Å². The molecule has 2 aromatic rings. The van der Waals surface area contributed by atoms with Gasteiger partial charge in [0.15, 0.2) is 0 Å². The summed E-state index contributed by atoms with van der Waals surface area (Å²) in [6.07, 6.45) is -3.21. The lowest BCUT2D eigenvalue weighted by Crippen LogP contribution is -2.08. The van der Waals surface area contributed by atoms with Crippen LogP contribution in [-0.2, 0) is 6.18 Å². The molecule has 0 unspecified atom stereocenters. The third kappa shape index (κ3) is 3.60. The molecule has 0 aliphatic heterocycles.